The summed E-state index contributed by atoms with van der Waals surface area (Å²) in [6, 6.07) is 27.9. The molecule has 42 heavy (non-hydrogen) atoms. The van der Waals surface area contributed by atoms with Crippen LogP contribution in [0, 0.1) is 5.92 Å². The zero-order valence-corrected chi connectivity index (χ0v) is 25.1. The number of nitrogens with one attached hydrogen (secondary N) is 1. The van der Waals surface area contributed by atoms with E-state index in [-0.39, 0.29) is 29.8 Å². The highest BCUT2D eigenvalue weighted by Crippen LogP contribution is 2.31. The lowest BCUT2D eigenvalue weighted by Gasteiger charge is -2.42. The number of ether oxygens (including phenoxy) is 1. The Balaban J connectivity index is 1.53. The number of aromatic nitrogens is 3. The van der Waals surface area contributed by atoms with Crippen LogP contribution in [0.1, 0.15) is 68.7 Å². The Kier molecular flexibility index (Phi) is 10.1. The fraction of sp³-hybridized carbons (Fsp3) is 0.353. The van der Waals surface area contributed by atoms with Gasteiger partial charge >= 0.3 is 0 Å². The number of hydrogen-bond donors (Lipinski definition) is 1. The monoisotopic (exact) mass is 567 g/mol. The van der Waals surface area contributed by atoms with E-state index in [0.717, 1.165) is 17.7 Å². The molecule has 0 aliphatic heterocycles. The molecule has 1 heterocycles. The first-order valence-corrected chi connectivity index (χ1v) is 14.5. The highest BCUT2D eigenvalue weighted by Gasteiger charge is 2.42. The number of para-hydroxylation sites is 1. The second kappa shape index (κ2) is 13.9. The number of amides is 2. The van der Waals surface area contributed by atoms with Crippen LogP contribution in [0.15, 0.2) is 97.2 Å². The Morgan fingerprint density at radius 2 is 1.52 bits per heavy atom. The Morgan fingerprint density at radius 3 is 2.14 bits per heavy atom. The van der Waals surface area contributed by atoms with Gasteiger partial charge < -0.3 is 15.0 Å². The van der Waals surface area contributed by atoms with Gasteiger partial charge in [0, 0.05) is 5.56 Å². The molecule has 8 nitrogen and oxygen atoms in total. The van der Waals surface area contributed by atoms with Gasteiger partial charge in [-0.05, 0) is 56.5 Å². The lowest BCUT2D eigenvalue weighted by Crippen LogP contribution is -2.60. The normalized spacial score (nSPS) is 13.5. The maximum absolute atomic E-state index is 14.1. The summed E-state index contributed by atoms with van der Waals surface area (Å²) >= 11 is 0. The van der Waals surface area contributed by atoms with Gasteiger partial charge in [0.2, 0.25) is 5.91 Å². The molecular formula is C34H41N5O3. The van der Waals surface area contributed by atoms with E-state index in [4.69, 9.17) is 4.74 Å². The molecule has 0 aliphatic rings. The van der Waals surface area contributed by atoms with Crippen LogP contribution in [0.25, 0.3) is 0 Å². The summed E-state index contributed by atoms with van der Waals surface area (Å²) < 4.78 is 7.55. The summed E-state index contributed by atoms with van der Waals surface area (Å²) in [5.41, 5.74) is 1.02. The number of nitrogens with zero attached hydrogens (tertiary/aromatic N) is 4. The molecule has 1 aromatic heterocycles. The van der Waals surface area contributed by atoms with E-state index in [2.05, 4.69) is 29.5 Å². The highest BCUT2D eigenvalue weighted by molar-refractivity contribution is 5.99. The van der Waals surface area contributed by atoms with E-state index in [1.165, 1.54) is 0 Å². The van der Waals surface area contributed by atoms with Gasteiger partial charge in [0.25, 0.3) is 5.91 Å². The van der Waals surface area contributed by atoms with E-state index < -0.39 is 5.54 Å². The van der Waals surface area contributed by atoms with Gasteiger partial charge in [0.15, 0.2) is 0 Å². The molecule has 0 aliphatic carbocycles. The molecule has 0 radical (unpaired) electrons. The molecule has 0 saturated heterocycles. The van der Waals surface area contributed by atoms with Crippen LogP contribution in [0.2, 0.25) is 0 Å². The molecule has 3 aromatic carbocycles. The minimum absolute atomic E-state index is 0.155. The van der Waals surface area contributed by atoms with E-state index in [1.807, 2.05) is 106 Å². The molecule has 0 bridgehead atoms. The zero-order chi connectivity index (χ0) is 30.1. The average molecular weight is 568 g/mol. The molecule has 2 amide bonds. The van der Waals surface area contributed by atoms with Gasteiger partial charge in [0.05, 0.1) is 24.8 Å². The molecule has 3 atom stereocenters. The van der Waals surface area contributed by atoms with Gasteiger partial charge in [-0.3, -0.25) is 14.3 Å². The van der Waals surface area contributed by atoms with Crippen molar-refractivity contribution in [3.63, 3.8) is 0 Å². The predicted molar refractivity (Wildman–Crippen MR) is 164 cm³/mol. The van der Waals surface area contributed by atoms with E-state index >= 15 is 0 Å². The van der Waals surface area contributed by atoms with Crippen molar-refractivity contribution in [2.24, 2.45) is 5.92 Å². The van der Waals surface area contributed by atoms with Crippen molar-refractivity contribution in [2.75, 3.05) is 0 Å². The molecule has 4 aromatic rings. The van der Waals surface area contributed by atoms with Crippen LogP contribution in [0.3, 0.4) is 0 Å². The second-order valence-electron chi connectivity index (χ2n) is 11.2. The topological polar surface area (TPSA) is 89.3 Å². The van der Waals surface area contributed by atoms with Crippen molar-refractivity contribution in [3.8, 4) is 5.75 Å². The number of carbonyl (C=O) groups is 2. The molecule has 0 unspecified atom stereocenters. The third-order valence-electron chi connectivity index (χ3n) is 7.81. The van der Waals surface area contributed by atoms with E-state index in [9.17, 15) is 9.59 Å². The molecular weight excluding hydrogens is 526 g/mol. The van der Waals surface area contributed by atoms with E-state index in [0.29, 0.717) is 24.4 Å². The number of rotatable bonds is 13. The summed E-state index contributed by atoms with van der Waals surface area (Å²) in [5, 5.41) is 11.8. The van der Waals surface area contributed by atoms with Crippen molar-refractivity contribution >= 4 is 11.8 Å². The van der Waals surface area contributed by atoms with Crippen LogP contribution in [0.4, 0.5) is 0 Å². The number of benzene rings is 3. The summed E-state index contributed by atoms with van der Waals surface area (Å²) in [7, 11) is 0. The van der Waals surface area contributed by atoms with Gasteiger partial charge in [-0.2, -0.15) is 0 Å². The van der Waals surface area contributed by atoms with Crippen LogP contribution in [-0.2, 0) is 17.9 Å². The lowest BCUT2D eigenvalue weighted by atomic mass is 9.92. The van der Waals surface area contributed by atoms with Crippen molar-refractivity contribution < 1.29 is 14.3 Å². The van der Waals surface area contributed by atoms with Crippen LogP contribution in [0.5, 0.6) is 5.75 Å². The quantitative estimate of drug-likeness (QED) is 0.212. The SMILES string of the molecule is CC[C@H](C)[C@@H](Cn1cc(COc2ccccc2)nn1)NC(=O)C(C)(C)N(C(=O)c1ccccc1)[C@@H](C)c1ccccc1. The first-order chi connectivity index (χ1) is 20.2. The number of hydrogen-bond acceptors (Lipinski definition) is 5. The Hall–Kier alpha value is -4.46. The first-order valence-electron chi connectivity index (χ1n) is 14.5. The van der Waals surface area contributed by atoms with Crippen molar-refractivity contribution in [1.82, 2.24) is 25.2 Å². The standard InChI is InChI=1S/C34H41N5O3/c1-6-25(2)31(23-38-22-29(36-37-38)24-42-30-20-14-9-15-21-30)35-33(41)34(4,5)39(26(3)27-16-10-7-11-17-27)32(40)28-18-12-8-13-19-28/h7-22,25-26,31H,6,23-24H2,1-5H3,(H,35,41)/t25-,26-,31+/m0/s1. The Bertz CT molecular complexity index is 1420. The summed E-state index contributed by atoms with van der Waals surface area (Å²) in [4.78, 5) is 29.7. The second-order valence-corrected chi connectivity index (χ2v) is 11.2. The third-order valence-corrected chi connectivity index (χ3v) is 7.81. The van der Waals surface area contributed by atoms with Gasteiger partial charge in [0.1, 0.15) is 23.6 Å². The van der Waals surface area contributed by atoms with Gasteiger partial charge in [-0.1, -0.05) is 92.2 Å². The van der Waals surface area contributed by atoms with E-state index in [1.54, 1.807) is 21.7 Å². The largest absolute Gasteiger partial charge is 0.487 e. The molecule has 8 heteroatoms. The van der Waals surface area contributed by atoms with Gasteiger partial charge in [-0.15, -0.1) is 5.10 Å². The summed E-state index contributed by atoms with van der Waals surface area (Å²) in [5.74, 6) is 0.486. The predicted octanol–water partition coefficient (Wildman–Crippen LogP) is 6.07. The minimum Gasteiger partial charge on any atom is -0.487 e. The highest BCUT2D eigenvalue weighted by atomic mass is 16.5. The van der Waals surface area contributed by atoms with Crippen molar-refractivity contribution in [3.05, 3.63) is 114 Å². The average Bonchev–Trinajstić information content (AvgIpc) is 3.47. The Labute approximate surface area is 248 Å². The fourth-order valence-electron chi connectivity index (χ4n) is 4.99. The Morgan fingerprint density at radius 1 is 0.929 bits per heavy atom. The van der Waals surface area contributed by atoms with Crippen LogP contribution in [-0.4, -0.2) is 43.3 Å². The summed E-state index contributed by atoms with van der Waals surface area (Å²) in [6.07, 6.45) is 2.70. The first kappa shape index (κ1) is 30.5. The smallest absolute Gasteiger partial charge is 0.255 e. The van der Waals surface area contributed by atoms with Crippen molar-refractivity contribution in [2.45, 2.75) is 71.8 Å². The summed E-state index contributed by atoms with van der Waals surface area (Å²) in [6.45, 7) is 10.5. The maximum atomic E-state index is 14.1. The maximum Gasteiger partial charge on any atom is 0.255 e. The molecule has 0 saturated carbocycles. The van der Waals surface area contributed by atoms with Gasteiger partial charge in [-0.25, -0.2) is 0 Å². The third kappa shape index (κ3) is 7.43. The molecule has 0 spiro atoms. The molecule has 4 rings (SSSR count). The molecule has 220 valence electrons. The van der Waals surface area contributed by atoms with Crippen LogP contribution < -0.4 is 10.1 Å². The van der Waals surface area contributed by atoms with Crippen LogP contribution >= 0.6 is 0 Å². The minimum atomic E-state index is -1.16. The van der Waals surface area contributed by atoms with Crippen molar-refractivity contribution in [1.29, 1.82) is 0 Å². The fourth-order valence-corrected chi connectivity index (χ4v) is 4.99. The molecule has 1 N–H and O–H groups in total. The number of carbonyl (C=O) groups excluding carboxylic acids is 2. The lowest BCUT2D eigenvalue weighted by molar-refractivity contribution is -0.132. The molecule has 0 fully saturated rings. The zero-order valence-electron chi connectivity index (χ0n) is 25.1.